The van der Waals surface area contributed by atoms with Crippen LogP contribution in [0.3, 0.4) is 0 Å². The third-order valence-electron chi connectivity index (χ3n) is 2.76. The van der Waals surface area contributed by atoms with Crippen LogP contribution in [0.25, 0.3) is 10.2 Å². The fourth-order valence-electron chi connectivity index (χ4n) is 1.60. The van der Waals surface area contributed by atoms with E-state index in [0.29, 0.717) is 0 Å². The minimum absolute atomic E-state index is 0.0857. The highest BCUT2D eigenvalue weighted by molar-refractivity contribution is 7.18. The molecule has 3 rings (SSSR count). The van der Waals surface area contributed by atoms with Gasteiger partial charge in [-0.2, -0.15) is 0 Å². The van der Waals surface area contributed by atoms with Gasteiger partial charge in [-0.1, -0.05) is 6.07 Å². The summed E-state index contributed by atoms with van der Waals surface area (Å²) in [5.74, 6) is 0. The fraction of sp³-hybridized carbons (Fsp3) is 0.364. The normalized spacial score (nSPS) is 18.7. The van der Waals surface area contributed by atoms with E-state index >= 15 is 0 Å². The molecule has 14 heavy (non-hydrogen) atoms. The van der Waals surface area contributed by atoms with E-state index in [4.69, 9.17) is 5.73 Å². The largest absolute Gasteiger partial charge is 0.319 e. The number of hydrogen-bond acceptors (Lipinski definition) is 3. The van der Waals surface area contributed by atoms with E-state index in [-0.39, 0.29) is 5.54 Å². The summed E-state index contributed by atoms with van der Waals surface area (Å²) in [5.41, 5.74) is 8.39. The van der Waals surface area contributed by atoms with Gasteiger partial charge < -0.3 is 5.73 Å². The molecule has 1 aliphatic rings. The van der Waals surface area contributed by atoms with Gasteiger partial charge in [-0.3, -0.25) is 0 Å². The van der Waals surface area contributed by atoms with Gasteiger partial charge in [0.2, 0.25) is 0 Å². The molecule has 0 unspecified atom stereocenters. The molecule has 2 aromatic rings. The number of rotatable bonds is 1. The second-order valence-corrected chi connectivity index (χ2v) is 5.18. The summed E-state index contributed by atoms with van der Waals surface area (Å²) in [4.78, 5) is 4.60. The number of nitrogens with two attached hydrogens (primary N) is 1. The van der Waals surface area contributed by atoms with Crippen molar-refractivity contribution in [1.82, 2.24) is 4.98 Å². The summed E-state index contributed by atoms with van der Waals surface area (Å²) in [6.07, 6.45) is 2.18. The smallest absolute Gasteiger partial charge is 0.114 e. The highest BCUT2D eigenvalue weighted by atomic mass is 32.1. The predicted molar refractivity (Wildman–Crippen MR) is 59.5 cm³/mol. The molecule has 0 saturated heterocycles. The Morgan fingerprint density at radius 1 is 1.43 bits per heavy atom. The second kappa shape index (κ2) is 2.55. The van der Waals surface area contributed by atoms with Crippen molar-refractivity contribution in [2.75, 3.05) is 0 Å². The van der Waals surface area contributed by atoms with Gasteiger partial charge in [-0.15, -0.1) is 11.3 Å². The number of nitrogens with zero attached hydrogens (tertiary/aromatic N) is 1. The molecule has 1 heterocycles. The molecule has 0 radical (unpaired) electrons. The average Bonchev–Trinajstić information content (AvgIpc) is 2.77. The molecular formula is C11H12N2S. The number of fused-ring (bicyclic) bond motifs is 1. The standard InChI is InChI=1S/C11H12N2S/c1-7-2-3-9-8(6-7)13-10(14-9)11(12)4-5-11/h2-3,6H,4-5,12H2,1H3. The Morgan fingerprint density at radius 3 is 2.93 bits per heavy atom. The van der Waals surface area contributed by atoms with Gasteiger partial charge in [0.15, 0.2) is 0 Å². The summed E-state index contributed by atoms with van der Waals surface area (Å²) in [5, 5.41) is 1.11. The fourth-order valence-corrected chi connectivity index (χ4v) is 2.70. The SMILES string of the molecule is Cc1ccc2sc(C3(N)CC3)nc2c1. The maximum Gasteiger partial charge on any atom is 0.114 e. The van der Waals surface area contributed by atoms with Crippen LogP contribution in [0.2, 0.25) is 0 Å². The highest BCUT2D eigenvalue weighted by Crippen LogP contribution is 2.45. The number of thiazole rings is 1. The first-order chi connectivity index (χ1) is 6.67. The van der Waals surface area contributed by atoms with Crippen molar-refractivity contribution in [2.24, 2.45) is 5.73 Å². The third kappa shape index (κ3) is 1.16. The van der Waals surface area contributed by atoms with Crippen molar-refractivity contribution in [1.29, 1.82) is 0 Å². The molecule has 2 nitrogen and oxygen atoms in total. The molecule has 1 saturated carbocycles. The summed E-state index contributed by atoms with van der Waals surface area (Å²) in [7, 11) is 0. The molecule has 1 aliphatic carbocycles. The lowest BCUT2D eigenvalue weighted by Crippen LogP contribution is -2.17. The molecule has 72 valence electrons. The molecular weight excluding hydrogens is 192 g/mol. The number of hydrogen-bond donors (Lipinski definition) is 1. The van der Waals surface area contributed by atoms with E-state index in [1.807, 2.05) is 0 Å². The predicted octanol–water partition coefficient (Wildman–Crippen LogP) is 2.55. The molecule has 0 spiro atoms. The van der Waals surface area contributed by atoms with Crippen LogP contribution < -0.4 is 5.73 Å². The topological polar surface area (TPSA) is 38.9 Å². The maximum absolute atomic E-state index is 6.12. The van der Waals surface area contributed by atoms with Crippen molar-refractivity contribution in [2.45, 2.75) is 25.3 Å². The van der Waals surface area contributed by atoms with Crippen LogP contribution in [0.1, 0.15) is 23.4 Å². The van der Waals surface area contributed by atoms with Gasteiger partial charge >= 0.3 is 0 Å². The summed E-state index contributed by atoms with van der Waals surface area (Å²) < 4.78 is 1.25. The minimum atomic E-state index is -0.0857. The third-order valence-corrected chi connectivity index (χ3v) is 4.01. The Hall–Kier alpha value is -0.930. The Balaban J connectivity index is 2.20. The number of aromatic nitrogens is 1. The lowest BCUT2D eigenvalue weighted by molar-refractivity contribution is 0.734. The summed E-state index contributed by atoms with van der Waals surface area (Å²) in [6, 6.07) is 6.39. The van der Waals surface area contributed by atoms with E-state index in [2.05, 4.69) is 30.1 Å². The minimum Gasteiger partial charge on any atom is -0.319 e. The Bertz CT molecular complexity index is 497. The first-order valence-electron chi connectivity index (χ1n) is 4.84. The molecule has 1 aromatic heterocycles. The van der Waals surface area contributed by atoms with Crippen LogP contribution in [-0.2, 0) is 5.54 Å². The van der Waals surface area contributed by atoms with E-state index in [0.717, 1.165) is 23.4 Å². The van der Waals surface area contributed by atoms with Crippen molar-refractivity contribution in [3.8, 4) is 0 Å². The zero-order valence-corrected chi connectivity index (χ0v) is 8.90. The molecule has 0 aliphatic heterocycles. The van der Waals surface area contributed by atoms with E-state index in [1.165, 1.54) is 10.3 Å². The van der Waals surface area contributed by atoms with E-state index < -0.39 is 0 Å². The lowest BCUT2D eigenvalue weighted by Gasteiger charge is -2.00. The van der Waals surface area contributed by atoms with E-state index in [1.54, 1.807) is 11.3 Å². The van der Waals surface area contributed by atoms with Gasteiger partial charge in [-0.25, -0.2) is 4.98 Å². The number of benzene rings is 1. The Morgan fingerprint density at radius 2 is 2.21 bits per heavy atom. The van der Waals surface area contributed by atoms with Crippen LogP contribution in [0.15, 0.2) is 18.2 Å². The molecule has 2 N–H and O–H groups in total. The first-order valence-corrected chi connectivity index (χ1v) is 5.66. The lowest BCUT2D eigenvalue weighted by atomic mass is 10.2. The van der Waals surface area contributed by atoms with Gasteiger partial charge in [0, 0.05) is 0 Å². The van der Waals surface area contributed by atoms with Gasteiger partial charge in [0.1, 0.15) is 5.01 Å². The maximum atomic E-state index is 6.12. The molecule has 3 heteroatoms. The number of aryl methyl sites for hydroxylation is 1. The summed E-state index contributed by atoms with van der Waals surface area (Å²) in [6.45, 7) is 2.09. The second-order valence-electron chi connectivity index (χ2n) is 4.15. The van der Waals surface area contributed by atoms with Crippen LogP contribution in [0.5, 0.6) is 0 Å². The zero-order valence-electron chi connectivity index (χ0n) is 8.08. The van der Waals surface area contributed by atoms with Crippen LogP contribution in [-0.4, -0.2) is 4.98 Å². The highest BCUT2D eigenvalue weighted by Gasteiger charge is 2.42. The average molecular weight is 204 g/mol. The van der Waals surface area contributed by atoms with Crippen molar-refractivity contribution in [3.63, 3.8) is 0 Å². The molecule has 1 aromatic carbocycles. The van der Waals surface area contributed by atoms with Gasteiger partial charge in [0.05, 0.1) is 15.8 Å². The van der Waals surface area contributed by atoms with Crippen LogP contribution in [0.4, 0.5) is 0 Å². The molecule has 0 atom stereocenters. The van der Waals surface area contributed by atoms with Crippen molar-refractivity contribution < 1.29 is 0 Å². The van der Waals surface area contributed by atoms with Crippen molar-refractivity contribution in [3.05, 3.63) is 28.8 Å². The molecule has 0 amide bonds. The summed E-state index contributed by atoms with van der Waals surface area (Å²) >= 11 is 1.74. The van der Waals surface area contributed by atoms with Crippen molar-refractivity contribution >= 4 is 21.6 Å². The first kappa shape index (κ1) is 8.38. The monoisotopic (exact) mass is 204 g/mol. The van der Waals surface area contributed by atoms with Gasteiger partial charge in [0.25, 0.3) is 0 Å². The van der Waals surface area contributed by atoms with E-state index in [9.17, 15) is 0 Å². The van der Waals surface area contributed by atoms with Crippen LogP contribution in [0, 0.1) is 6.92 Å². The Kier molecular flexibility index (Phi) is 1.53. The van der Waals surface area contributed by atoms with Gasteiger partial charge in [-0.05, 0) is 37.5 Å². The van der Waals surface area contributed by atoms with Crippen LogP contribution >= 0.6 is 11.3 Å². The quantitative estimate of drug-likeness (QED) is 0.775. The molecule has 0 bridgehead atoms. The Labute approximate surface area is 86.8 Å². The molecule has 1 fully saturated rings. The zero-order chi connectivity index (χ0) is 9.76.